The maximum absolute atomic E-state index is 6.25. The number of benzene rings is 1. The number of rotatable bonds is 7. The molecule has 6 nitrogen and oxygen atoms in total. The minimum Gasteiger partial charge on any atom is -0.496 e. The van der Waals surface area contributed by atoms with Crippen molar-refractivity contribution in [3.63, 3.8) is 0 Å². The number of nitrogens with two attached hydrogens (primary N) is 1. The predicted octanol–water partition coefficient (Wildman–Crippen LogP) is 2.34. The normalized spacial score (nSPS) is 18.6. The van der Waals surface area contributed by atoms with Crippen LogP contribution in [0.2, 0.25) is 5.02 Å². The smallest absolute Gasteiger partial charge is 0.188 e. The zero-order valence-electron chi connectivity index (χ0n) is 15.2. The van der Waals surface area contributed by atoms with Gasteiger partial charge in [-0.1, -0.05) is 11.6 Å². The second-order valence-corrected chi connectivity index (χ2v) is 6.88. The Morgan fingerprint density at radius 2 is 2.12 bits per heavy atom. The lowest BCUT2D eigenvalue weighted by atomic mass is 9.73. The van der Waals surface area contributed by atoms with Gasteiger partial charge in [-0.25, -0.2) is 0 Å². The molecule has 140 valence electrons. The zero-order valence-corrected chi connectivity index (χ0v) is 15.9. The molecule has 1 aliphatic rings. The molecule has 3 N–H and O–H groups in total. The molecule has 1 heterocycles. The largest absolute Gasteiger partial charge is 0.496 e. The van der Waals surface area contributed by atoms with Crippen molar-refractivity contribution < 1.29 is 14.2 Å². The van der Waals surface area contributed by atoms with Crippen molar-refractivity contribution in [3.8, 4) is 5.75 Å². The second kappa shape index (κ2) is 9.27. The Balaban J connectivity index is 2.25. The first kappa shape index (κ1) is 19.8. The van der Waals surface area contributed by atoms with Gasteiger partial charge in [0.15, 0.2) is 5.96 Å². The Morgan fingerprint density at radius 1 is 1.40 bits per heavy atom. The van der Waals surface area contributed by atoms with Gasteiger partial charge in [-0.2, -0.15) is 0 Å². The maximum atomic E-state index is 6.25. The fourth-order valence-electron chi connectivity index (χ4n) is 3.20. The van der Waals surface area contributed by atoms with Gasteiger partial charge in [0.25, 0.3) is 0 Å². The number of ether oxygens (including phenoxy) is 3. The third-order valence-electron chi connectivity index (χ3n) is 4.55. The van der Waals surface area contributed by atoms with Crippen LogP contribution in [0.15, 0.2) is 23.2 Å². The molecule has 1 aliphatic heterocycles. The van der Waals surface area contributed by atoms with Crippen LogP contribution in [0.5, 0.6) is 5.75 Å². The van der Waals surface area contributed by atoms with Crippen molar-refractivity contribution >= 4 is 17.6 Å². The summed E-state index contributed by atoms with van der Waals surface area (Å²) in [5.41, 5.74) is 6.91. The first-order chi connectivity index (χ1) is 12.0. The van der Waals surface area contributed by atoms with Crippen LogP contribution < -0.4 is 15.8 Å². The van der Waals surface area contributed by atoms with Crippen LogP contribution in [-0.2, 0) is 14.9 Å². The standard InChI is InChI=1S/C18H28ClN3O3/c1-13(11-23-2)22-17(20)21-12-18(6-8-25-9-7-18)15-10-14(19)4-5-16(15)24-3/h4-5,10,13H,6-9,11-12H2,1-3H3,(H3,20,21,22). The van der Waals surface area contributed by atoms with E-state index in [0.29, 0.717) is 37.3 Å². The number of nitrogens with one attached hydrogen (secondary N) is 1. The van der Waals surface area contributed by atoms with Gasteiger partial charge in [-0.3, -0.25) is 4.99 Å². The third kappa shape index (κ3) is 5.23. The molecule has 0 saturated carbocycles. The minimum absolute atomic E-state index is 0.0973. The number of aliphatic imine (C=N–C) groups is 1. The van der Waals surface area contributed by atoms with Crippen LogP contribution in [-0.4, -0.2) is 52.6 Å². The summed E-state index contributed by atoms with van der Waals surface area (Å²) in [6.07, 6.45) is 1.68. The van der Waals surface area contributed by atoms with Crippen LogP contribution in [0, 0.1) is 0 Å². The van der Waals surface area contributed by atoms with E-state index in [1.165, 1.54) is 0 Å². The van der Waals surface area contributed by atoms with E-state index in [9.17, 15) is 0 Å². The highest BCUT2D eigenvalue weighted by Gasteiger charge is 2.37. The van der Waals surface area contributed by atoms with Crippen LogP contribution >= 0.6 is 11.6 Å². The molecule has 0 bridgehead atoms. The average Bonchev–Trinajstić information content (AvgIpc) is 2.61. The van der Waals surface area contributed by atoms with E-state index in [2.05, 4.69) is 10.3 Å². The fraction of sp³-hybridized carbons (Fsp3) is 0.611. The van der Waals surface area contributed by atoms with E-state index in [-0.39, 0.29) is 11.5 Å². The van der Waals surface area contributed by atoms with Crippen molar-refractivity contribution in [2.45, 2.75) is 31.2 Å². The number of halogens is 1. The van der Waals surface area contributed by atoms with Crippen LogP contribution in [0.4, 0.5) is 0 Å². The Hall–Kier alpha value is -1.50. The van der Waals surface area contributed by atoms with Crippen LogP contribution in [0.1, 0.15) is 25.3 Å². The molecule has 1 saturated heterocycles. The third-order valence-corrected chi connectivity index (χ3v) is 4.78. The first-order valence-corrected chi connectivity index (χ1v) is 8.86. The van der Waals surface area contributed by atoms with Crippen LogP contribution in [0.25, 0.3) is 0 Å². The monoisotopic (exact) mass is 369 g/mol. The highest BCUT2D eigenvalue weighted by atomic mass is 35.5. The molecule has 2 rings (SSSR count). The van der Waals surface area contributed by atoms with Crippen LogP contribution in [0.3, 0.4) is 0 Å². The molecule has 0 aliphatic carbocycles. The van der Waals surface area contributed by atoms with E-state index in [0.717, 1.165) is 24.2 Å². The molecule has 0 spiro atoms. The lowest BCUT2D eigenvalue weighted by molar-refractivity contribution is 0.0523. The Kier molecular flexibility index (Phi) is 7.35. The lowest BCUT2D eigenvalue weighted by Gasteiger charge is -2.37. The number of guanidine groups is 1. The van der Waals surface area contributed by atoms with Gasteiger partial charge in [0, 0.05) is 42.4 Å². The van der Waals surface area contributed by atoms with E-state index >= 15 is 0 Å². The molecule has 0 radical (unpaired) electrons. The summed E-state index contributed by atoms with van der Waals surface area (Å²) in [6, 6.07) is 5.81. The minimum atomic E-state index is -0.203. The zero-order chi connectivity index (χ0) is 18.3. The molecule has 1 atom stereocenters. The molecule has 1 aromatic rings. The number of hydrogen-bond acceptors (Lipinski definition) is 4. The molecule has 0 aromatic heterocycles. The quantitative estimate of drug-likeness (QED) is 0.569. The molecule has 1 fully saturated rings. The summed E-state index contributed by atoms with van der Waals surface area (Å²) in [7, 11) is 3.33. The molecule has 25 heavy (non-hydrogen) atoms. The van der Waals surface area contributed by atoms with Gasteiger partial charge in [0.2, 0.25) is 0 Å². The second-order valence-electron chi connectivity index (χ2n) is 6.44. The van der Waals surface area contributed by atoms with Crippen molar-refractivity contribution in [2.24, 2.45) is 10.7 Å². The SMILES string of the molecule is COCC(C)NC(N)=NCC1(c2cc(Cl)ccc2OC)CCOCC1. The topological polar surface area (TPSA) is 78.1 Å². The molecular weight excluding hydrogens is 342 g/mol. The van der Waals surface area contributed by atoms with Gasteiger partial charge in [-0.05, 0) is 38.0 Å². The van der Waals surface area contributed by atoms with Crippen molar-refractivity contribution in [3.05, 3.63) is 28.8 Å². The summed E-state index contributed by atoms with van der Waals surface area (Å²) in [4.78, 5) is 4.60. The predicted molar refractivity (Wildman–Crippen MR) is 101 cm³/mol. The number of hydrogen-bond donors (Lipinski definition) is 2. The summed E-state index contributed by atoms with van der Waals surface area (Å²) in [5, 5.41) is 3.83. The molecule has 1 aromatic carbocycles. The van der Waals surface area contributed by atoms with E-state index in [1.54, 1.807) is 14.2 Å². The maximum Gasteiger partial charge on any atom is 0.188 e. The molecule has 7 heteroatoms. The summed E-state index contributed by atoms with van der Waals surface area (Å²) < 4.78 is 16.2. The molecular formula is C18H28ClN3O3. The van der Waals surface area contributed by atoms with E-state index < -0.39 is 0 Å². The van der Waals surface area contributed by atoms with Crippen molar-refractivity contribution in [2.75, 3.05) is 40.6 Å². The van der Waals surface area contributed by atoms with Gasteiger partial charge in [-0.15, -0.1) is 0 Å². The van der Waals surface area contributed by atoms with Crippen molar-refractivity contribution in [1.82, 2.24) is 5.32 Å². The summed E-state index contributed by atoms with van der Waals surface area (Å²) in [5.74, 6) is 1.23. The number of nitrogens with zero attached hydrogens (tertiary/aromatic N) is 1. The van der Waals surface area contributed by atoms with Gasteiger partial charge in [0.05, 0.1) is 20.3 Å². The molecule has 1 unspecified atom stereocenters. The van der Waals surface area contributed by atoms with Gasteiger partial charge in [0.1, 0.15) is 5.75 Å². The summed E-state index contributed by atoms with van der Waals surface area (Å²) >= 11 is 6.25. The van der Waals surface area contributed by atoms with Gasteiger partial charge < -0.3 is 25.3 Å². The average molecular weight is 370 g/mol. The number of methoxy groups -OCH3 is 2. The highest BCUT2D eigenvalue weighted by molar-refractivity contribution is 6.30. The first-order valence-electron chi connectivity index (χ1n) is 8.48. The molecule has 0 amide bonds. The Labute approximate surface area is 154 Å². The fourth-order valence-corrected chi connectivity index (χ4v) is 3.37. The van der Waals surface area contributed by atoms with Crippen molar-refractivity contribution in [1.29, 1.82) is 0 Å². The highest BCUT2D eigenvalue weighted by Crippen LogP contribution is 2.41. The Bertz CT molecular complexity index is 589. The lowest BCUT2D eigenvalue weighted by Crippen LogP contribution is -2.43. The Morgan fingerprint density at radius 3 is 2.76 bits per heavy atom. The van der Waals surface area contributed by atoms with Gasteiger partial charge >= 0.3 is 0 Å². The summed E-state index contributed by atoms with van der Waals surface area (Å²) in [6.45, 7) is 4.47. The van der Waals surface area contributed by atoms with E-state index in [1.807, 2.05) is 25.1 Å². The van der Waals surface area contributed by atoms with E-state index in [4.69, 9.17) is 31.5 Å².